The van der Waals surface area contributed by atoms with Crippen LogP contribution in [0.5, 0.6) is 5.75 Å². The Morgan fingerprint density at radius 1 is 0.807 bits per heavy atom. The molecule has 25 heteroatoms. The van der Waals surface area contributed by atoms with Crippen LogP contribution in [-0.2, 0) is 44.3 Å². The van der Waals surface area contributed by atoms with Gasteiger partial charge in [-0.05, 0) is 63.3 Å². The van der Waals surface area contributed by atoms with E-state index < -0.39 is 67.7 Å². The highest BCUT2D eigenvalue weighted by Gasteiger charge is 2.32. The van der Waals surface area contributed by atoms with Gasteiger partial charge < -0.3 is 68.9 Å². The second kappa shape index (κ2) is 36.7. The first-order chi connectivity index (χ1) is 26.4. The Labute approximate surface area is 341 Å². The van der Waals surface area contributed by atoms with E-state index in [-0.39, 0.29) is 25.0 Å². The highest BCUT2D eigenvalue weighted by Crippen LogP contribution is 2.48. The van der Waals surface area contributed by atoms with E-state index in [1.165, 1.54) is 19.1 Å². The van der Waals surface area contributed by atoms with Gasteiger partial charge in [0.1, 0.15) is 29.9 Å². The molecule has 0 aliphatic carbocycles. The molecule has 1 aliphatic rings. The number of unbranched alkanes of at least 4 members (excludes halogenated alkanes) is 1. The zero-order valence-electron chi connectivity index (χ0n) is 32.0. The van der Waals surface area contributed by atoms with Crippen molar-refractivity contribution in [3.63, 3.8) is 0 Å². The summed E-state index contributed by atoms with van der Waals surface area (Å²) >= 11 is 11.2. The number of aliphatic carboxylic acids is 6. The number of hydrogen-bond acceptors (Lipinski definition) is 14. The van der Waals surface area contributed by atoms with Gasteiger partial charge >= 0.3 is 37.5 Å². The van der Waals surface area contributed by atoms with Crippen LogP contribution in [0.15, 0.2) is 24.3 Å². The van der Waals surface area contributed by atoms with Gasteiger partial charge in [-0.2, -0.15) is 0 Å². The molecule has 1 saturated heterocycles. The first kappa shape index (κ1) is 60.0. The van der Waals surface area contributed by atoms with Crippen molar-refractivity contribution in [1.82, 2.24) is 9.76 Å². The Balaban J connectivity index is -0.000000307. The third kappa shape index (κ3) is 39.0. The van der Waals surface area contributed by atoms with Crippen LogP contribution in [0.3, 0.4) is 0 Å². The van der Waals surface area contributed by atoms with Crippen LogP contribution in [0.25, 0.3) is 0 Å². The number of phenols is 1. The maximum Gasteiger partial charge on any atom is 0.343 e. The monoisotopic (exact) mass is 883 g/mol. The van der Waals surface area contributed by atoms with E-state index in [0.717, 1.165) is 38.3 Å². The summed E-state index contributed by atoms with van der Waals surface area (Å²) in [5.74, 6) is -4.94. The van der Waals surface area contributed by atoms with Crippen molar-refractivity contribution in [3.05, 3.63) is 29.8 Å². The molecule has 0 saturated carbocycles. The Bertz CT molecular complexity index is 1320. The lowest BCUT2D eigenvalue weighted by Gasteiger charge is -2.33. The quantitative estimate of drug-likeness (QED) is 0.0543. The molecule has 332 valence electrons. The van der Waals surface area contributed by atoms with Crippen molar-refractivity contribution >= 4 is 66.7 Å². The molecular weight excluding hydrogens is 824 g/mol. The Morgan fingerprint density at radius 3 is 1.58 bits per heavy atom. The van der Waals surface area contributed by atoms with Gasteiger partial charge in [0.05, 0.1) is 6.61 Å². The zero-order valence-corrected chi connectivity index (χ0v) is 34.4. The van der Waals surface area contributed by atoms with Crippen molar-refractivity contribution in [2.75, 3.05) is 44.5 Å². The average Bonchev–Trinajstić information content (AvgIpc) is 3.12. The van der Waals surface area contributed by atoms with E-state index in [1.807, 2.05) is 0 Å². The number of nitrogens with two attached hydrogens (primary N) is 5. The van der Waals surface area contributed by atoms with E-state index in [2.05, 4.69) is 5.09 Å². The molecule has 1 aromatic rings. The van der Waals surface area contributed by atoms with Crippen molar-refractivity contribution in [3.8, 4) is 5.75 Å². The van der Waals surface area contributed by atoms with Gasteiger partial charge in [0.2, 0.25) is 0 Å². The van der Waals surface area contributed by atoms with E-state index in [4.69, 9.17) is 96.9 Å². The van der Waals surface area contributed by atoms with Gasteiger partial charge in [0, 0.05) is 44.7 Å². The molecule has 2 rings (SSSR count). The molecule has 0 radical (unpaired) electrons. The Kier molecular flexibility index (Phi) is 38.6. The van der Waals surface area contributed by atoms with E-state index >= 15 is 0 Å². The molecule has 22 nitrogen and oxygen atoms in total. The number of carbonyl (C=O) groups is 6. The number of nitrogens with one attached hydrogen (secondary N) is 1. The number of phenolic OH excluding ortho intramolecular Hbond substituents is 1. The van der Waals surface area contributed by atoms with Crippen LogP contribution >= 0.6 is 30.9 Å². The van der Waals surface area contributed by atoms with E-state index in [0.29, 0.717) is 44.4 Å². The van der Waals surface area contributed by atoms with Crippen LogP contribution in [0.2, 0.25) is 0 Å². The number of carboxylic acid groups (broad SMARTS) is 6. The number of benzene rings is 1. The second-order valence-corrected chi connectivity index (χ2v) is 14.5. The predicted octanol–water partition coefficient (Wildman–Crippen LogP) is 0.530. The smallest absolute Gasteiger partial charge is 0.343 e. The van der Waals surface area contributed by atoms with Gasteiger partial charge in [-0.3, -0.25) is 33.3 Å². The number of halogens is 2. The maximum absolute atomic E-state index is 12.2. The average molecular weight is 885 g/mol. The number of alkyl halides is 2. The second-order valence-electron chi connectivity index (χ2n) is 11.5. The third-order valence-electron chi connectivity index (χ3n) is 6.33. The summed E-state index contributed by atoms with van der Waals surface area (Å²) in [5.41, 5.74) is 26.4. The Hall–Kier alpha value is -3.67. The number of nitrogens with zero attached hydrogens (tertiary/aromatic N) is 1. The zero-order chi connectivity index (χ0) is 45.1. The third-order valence-corrected chi connectivity index (χ3v) is 8.97. The van der Waals surface area contributed by atoms with Crippen molar-refractivity contribution < 1.29 is 73.6 Å². The molecule has 1 aliphatic heterocycles. The topological polar surface area (TPSA) is 416 Å². The molecule has 5 atom stereocenters. The molecule has 0 spiro atoms. The normalized spacial score (nSPS) is 16.1. The first-order valence-corrected chi connectivity index (χ1v) is 19.8. The lowest BCUT2D eigenvalue weighted by Crippen LogP contribution is -2.35. The molecule has 0 bridgehead atoms. The van der Waals surface area contributed by atoms with Crippen molar-refractivity contribution in [2.24, 2.45) is 28.7 Å². The van der Waals surface area contributed by atoms with Crippen LogP contribution in [0.1, 0.15) is 57.9 Å². The lowest BCUT2D eigenvalue weighted by atomic mass is 10.1. The number of rotatable bonds is 18. The molecular formula is C32H60Cl2N7O15P. The fourth-order valence-electron chi connectivity index (χ4n) is 3.29. The largest absolute Gasteiger partial charge is 0.508 e. The van der Waals surface area contributed by atoms with Crippen molar-refractivity contribution in [2.45, 2.75) is 83.0 Å². The fraction of sp³-hybridized carbons (Fsp3) is 0.625. The summed E-state index contributed by atoms with van der Waals surface area (Å²) in [5, 5.41) is 60.3. The summed E-state index contributed by atoms with van der Waals surface area (Å²) in [6.45, 7) is 5.41. The molecule has 57 heavy (non-hydrogen) atoms. The SMILES string of the molecule is CC(=O)O.C[C@H](N)C(=O)O.NCCCC[C@H](N)C(=O)O.N[C@@H](CCC(=O)O)C(=O)O.N[C@@H](Cc1ccc(O)cc1)C(=O)O.O=P1(N(CCCl)CCCl)NCCCO1. The standard InChI is InChI=1S/C9H11NO3.C7H15Cl2N2O2P.C6H14N2O2.C5H9NO4.C3H7NO2.C2H4O2/c10-8(9(12)13)5-6-1-3-7(11)4-2-6;8-2-5-11(6-3-9)14(12)10-4-1-7-13-14;7-4-2-1-3-5(8)6(9)10;6-3(5(9)10)1-2-4(7)8;1-2(4)3(5)6;1-2(3)4/h1-4,8,11H,5,10H2,(H,12,13);1-7H2,(H,10,12);5H,1-4,7-8H2,(H,9,10);3H,1-2,6H2,(H,7,8)(H,9,10);2H,4H2,1H3,(H,5,6);1H3,(H,3,4)/t8-;;5-;3-;2-;/m0.000./s1. The number of hydrogen-bond donors (Lipinski definition) is 13. The van der Waals surface area contributed by atoms with Gasteiger partial charge in [0.25, 0.3) is 5.97 Å². The van der Waals surface area contributed by atoms with Crippen LogP contribution < -0.4 is 33.8 Å². The predicted molar refractivity (Wildman–Crippen MR) is 212 cm³/mol. The molecule has 1 unspecified atom stereocenters. The highest BCUT2D eigenvalue weighted by molar-refractivity contribution is 7.54. The number of aromatic hydroxyl groups is 1. The summed E-state index contributed by atoms with van der Waals surface area (Å²) in [7, 11) is -2.84. The van der Waals surface area contributed by atoms with Gasteiger partial charge in [0.15, 0.2) is 0 Å². The van der Waals surface area contributed by atoms with Crippen LogP contribution in [0, 0.1) is 0 Å². The minimum absolute atomic E-state index is 0.0231. The summed E-state index contributed by atoms with van der Waals surface area (Å²) in [6, 6.07) is 2.92. The number of carboxylic acids is 6. The lowest BCUT2D eigenvalue weighted by molar-refractivity contribution is -0.141. The molecule has 1 aromatic carbocycles. The minimum Gasteiger partial charge on any atom is -0.508 e. The molecule has 1 heterocycles. The first-order valence-electron chi connectivity index (χ1n) is 17.1. The minimum atomic E-state index is -2.84. The molecule has 1 fully saturated rings. The van der Waals surface area contributed by atoms with Gasteiger partial charge in [-0.25, -0.2) is 9.76 Å². The summed E-state index contributed by atoms with van der Waals surface area (Å²) < 4.78 is 19.2. The summed E-state index contributed by atoms with van der Waals surface area (Å²) in [4.78, 5) is 59.0. The van der Waals surface area contributed by atoms with E-state index in [9.17, 15) is 28.5 Å². The highest BCUT2D eigenvalue weighted by atomic mass is 35.5. The molecule has 0 amide bonds. The van der Waals surface area contributed by atoms with Gasteiger partial charge in [-0.1, -0.05) is 18.6 Å². The van der Waals surface area contributed by atoms with Crippen molar-refractivity contribution in [1.29, 1.82) is 0 Å². The van der Waals surface area contributed by atoms with Crippen LogP contribution in [0.4, 0.5) is 0 Å². The van der Waals surface area contributed by atoms with Gasteiger partial charge in [-0.15, -0.1) is 23.2 Å². The maximum atomic E-state index is 12.2. The molecule has 0 aromatic heterocycles. The summed E-state index contributed by atoms with van der Waals surface area (Å²) in [6.07, 6.45) is 3.10. The van der Waals surface area contributed by atoms with E-state index in [1.54, 1.807) is 16.8 Å². The van der Waals surface area contributed by atoms with Crippen LogP contribution in [-0.4, -0.2) is 145 Å². The molecule has 18 N–H and O–H groups in total. The fourth-order valence-corrected chi connectivity index (χ4v) is 5.93. The Morgan fingerprint density at radius 2 is 1.25 bits per heavy atom.